The number of nitrogens with zero attached hydrogens (tertiary/aromatic N) is 2. The highest BCUT2D eigenvalue weighted by atomic mass is 79.9. The minimum absolute atomic E-state index is 0. The molecule has 0 saturated carbocycles. The van der Waals surface area contributed by atoms with E-state index in [0.717, 1.165) is 9.37 Å². The summed E-state index contributed by atoms with van der Waals surface area (Å²) >= 11 is 3.27. The molecule has 0 unspecified atom stereocenters. The van der Waals surface area contributed by atoms with Gasteiger partial charge in [-0.25, -0.2) is 0 Å². The van der Waals surface area contributed by atoms with Crippen molar-refractivity contribution in [2.75, 3.05) is 33.7 Å². The van der Waals surface area contributed by atoms with E-state index in [2.05, 4.69) is 21.2 Å². The molecule has 0 bridgehead atoms. The molecule has 0 fully saturated rings. The molecule has 1 aromatic rings. The van der Waals surface area contributed by atoms with Crippen LogP contribution >= 0.6 is 28.3 Å². The molecule has 22 heavy (non-hydrogen) atoms. The highest BCUT2D eigenvalue weighted by Gasteiger charge is 2.37. The van der Waals surface area contributed by atoms with Crippen LogP contribution in [0.2, 0.25) is 0 Å². The van der Waals surface area contributed by atoms with Crippen LogP contribution in [0, 0.1) is 0 Å². The summed E-state index contributed by atoms with van der Waals surface area (Å²) < 4.78 is 0.724. The third-order valence-corrected chi connectivity index (χ3v) is 3.84. The first-order valence-corrected chi connectivity index (χ1v) is 7.29. The number of imide groups is 1. The normalized spacial score (nSPS) is 13.0. The number of carbonyl (C=O) groups is 3. The molecule has 0 saturated heterocycles. The highest BCUT2D eigenvalue weighted by Crippen LogP contribution is 2.25. The van der Waals surface area contributed by atoms with Crippen LogP contribution in [0.4, 0.5) is 0 Å². The second-order valence-electron chi connectivity index (χ2n) is 4.81. The van der Waals surface area contributed by atoms with Crippen LogP contribution in [0.3, 0.4) is 0 Å². The molecule has 120 valence electrons. The van der Waals surface area contributed by atoms with Crippen molar-refractivity contribution < 1.29 is 14.4 Å². The molecule has 1 N–H and O–H groups in total. The molecule has 1 aliphatic heterocycles. The van der Waals surface area contributed by atoms with Gasteiger partial charge < -0.3 is 10.2 Å². The summed E-state index contributed by atoms with van der Waals surface area (Å²) in [6.07, 6.45) is 0. The van der Waals surface area contributed by atoms with Gasteiger partial charge in [-0.1, -0.05) is 15.9 Å². The van der Waals surface area contributed by atoms with Gasteiger partial charge in [0.25, 0.3) is 11.8 Å². The number of fused-ring (bicyclic) bond motifs is 1. The van der Waals surface area contributed by atoms with E-state index in [0.29, 0.717) is 24.2 Å². The number of likely N-dealkylation sites (N-methyl/N-ethyl adjacent to an activating group) is 2. The Bertz CT molecular complexity index is 609. The molecule has 3 amide bonds. The molecule has 6 nitrogen and oxygen atoms in total. The maximum absolute atomic E-state index is 12.2. The molecule has 1 aliphatic rings. The van der Waals surface area contributed by atoms with E-state index in [1.165, 1.54) is 4.90 Å². The molecule has 0 spiro atoms. The molecule has 1 aromatic carbocycles. The van der Waals surface area contributed by atoms with Crippen molar-refractivity contribution in [1.29, 1.82) is 0 Å². The summed E-state index contributed by atoms with van der Waals surface area (Å²) in [5.74, 6) is -1.11. The van der Waals surface area contributed by atoms with Gasteiger partial charge in [0.15, 0.2) is 0 Å². The third-order valence-electron chi connectivity index (χ3n) is 3.35. The van der Waals surface area contributed by atoms with Gasteiger partial charge in [-0.2, -0.15) is 0 Å². The summed E-state index contributed by atoms with van der Waals surface area (Å²) in [6.45, 7) is 0.936. The molecule has 2 rings (SSSR count). The van der Waals surface area contributed by atoms with Crippen LogP contribution in [0.1, 0.15) is 20.7 Å². The average molecular weight is 391 g/mol. The molecule has 0 atom stereocenters. The van der Waals surface area contributed by atoms with Gasteiger partial charge in [0, 0.05) is 24.6 Å². The summed E-state index contributed by atoms with van der Waals surface area (Å²) in [7, 11) is 3.44. The number of hydrogen-bond donors (Lipinski definition) is 1. The number of rotatable bonds is 5. The van der Waals surface area contributed by atoms with Gasteiger partial charge in [-0.15, -0.1) is 12.4 Å². The van der Waals surface area contributed by atoms with Crippen molar-refractivity contribution in [3.63, 3.8) is 0 Å². The van der Waals surface area contributed by atoms with E-state index in [1.807, 2.05) is 0 Å². The molecular formula is C14H17BrClN3O3. The van der Waals surface area contributed by atoms with E-state index < -0.39 is 11.8 Å². The Balaban J connectivity index is 0.00000242. The van der Waals surface area contributed by atoms with Gasteiger partial charge in [-0.3, -0.25) is 19.3 Å². The maximum atomic E-state index is 12.2. The predicted octanol–water partition coefficient (Wildman–Crippen LogP) is 1.14. The second-order valence-corrected chi connectivity index (χ2v) is 5.72. The van der Waals surface area contributed by atoms with E-state index in [4.69, 9.17) is 0 Å². The van der Waals surface area contributed by atoms with Crippen molar-refractivity contribution in [2.45, 2.75) is 0 Å². The Kier molecular flexibility index (Phi) is 6.52. The van der Waals surface area contributed by atoms with E-state index in [-0.39, 0.29) is 24.9 Å². The van der Waals surface area contributed by atoms with Crippen molar-refractivity contribution in [1.82, 2.24) is 15.1 Å². The number of carbonyl (C=O) groups excluding carboxylic acids is 3. The van der Waals surface area contributed by atoms with Crippen molar-refractivity contribution in [3.05, 3.63) is 33.8 Å². The number of nitrogens with one attached hydrogen (secondary N) is 1. The SMILES string of the molecule is CNCCN(C)C(=O)CN1C(=O)c2ccc(Br)cc2C1=O.Cl. The average Bonchev–Trinajstić information content (AvgIpc) is 2.69. The monoisotopic (exact) mass is 389 g/mol. The van der Waals surface area contributed by atoms with Gasteiger partial charge in [0.2, 0.25) is 5.91 Å². The fraction of sp³-hybridized carbons (Fsp3) is 0.357. The maximum Gasteiger partial charge on any atom is 0.262 e. The Morgan fingerprint density at radius 1 is 1.27 bits per heavy atom. The van der Waals surface area contributed by atoms with Crippen molar-refractivity contribution in [2.24, 2.45) is 0 Å². The smallest absolute Gasteiger partial charge is 0.262 e. The lowest BCUT2D eigenvalue weighted by Gasteiger charge is -2.20. The van der Waals surface area contributed by atoms with Gasteiger partial charge >= 0.3 is 0 Å². The minimum atomic E-state index is -0.424. The summed E-state index contributed by atoms with van der Waals surface area (Å²) in [5, 5.41) is 2.94. The van der Waals surface area contributed by atoms with E-state index in [9.17, 15) is 14.4 Å². The zero-order chi connectivity index (χ0) is 15.6. The van der Waals surface area contributed by atoms with Gasteiger partial charge in [0.05, 0.1) is 11.1 Å². The largest absolute Gasteiger partial charge is 0.343 e. The molecular weight excluding hydrogens is 374 g/mol. The lowest BCUT2D eigenvalue weighted by Crippen LogP contribution is -2.42. The van der Waals surface area contributed by atoms with Crippen LogP contribution in [-0.2, 0) is 4.79 Å². The first-order valence-electron chi connectivity index (χ1n) is 6.50. The summed E-state index contributed by atoms with van der Waals surface area (Å²) in [6, 6.07) is 4.90. The fourth-order valence-corrected chi connectivity index (χ4v) is 2.43. The van der Waals surface area contributed by atoms with E-state index in [1.54, 1.807) is 32.3 Å². The molecule has 1 heterocycles. The lowest BCUT2D eigenvalue weighted by atomic mass is 10.1. The molecule has 0 radical (unpaired) electrons. The Hall–Kier alpha value is -1.44. The van der Waals surface area contributed by atoms with Gasteiger partial charge in [0.1, 0.15) is 6.54 Å². The topological polar surface area (TPSA) is 69.7 Å². The first kappa shape index (κ1) is 18.6. The zero-order valence-electron chi connectivity index (χ0n) is 12.3. The summed E-state index contributed by atoms with van der Waals surface area (Å²) in [5.41, 5.74) is 0.675. The van der Waals surface area contributed by atoms with E-state index >= 15 is 0 Å². The van der Waals surface area contributed by atoms with Crippen LogP contribution in [0.25, 0.3) is 0 Å². The fourth-order valence-electron chi connectivity index (χ4n) is 2.07. The van der Waals surface area contributed by atoms with Crippen LogP contribution in [0.15, 0.2) is 22.7 Å². The van der Waals surface area contributed by atoms with Crippen LogP contribution in [-0.4, -0.2) is 61.3 Å². The second kappa shape index (κ2) is 7.71. The number of halogens is 2. The first-order chi connectivity index (χ1) is 9.95. The number of benzene rings is 1. The molecule has 0 aromatic heterocycles. The molecule has 8 heteroatoms. The number of hydrogen-bond acceptors (Lipinski definition) is 4. The highest BCUT2D eigenvalue weighted by molar-refractivity contribution is 9.10. The predicted molar refractivity (Wildman–Crippen MR) is 88.3 cm³/mol. The zero-order valence-corrected chi connectivity index (χ0v) is 14.7. The van der Waals surface area contributed by atoms with Gasteiger partial charge in [-0.05, 0) is 25.2 Å². The lowest BCUT2D eigenvalue weighted by molar-refractivity contribution is -0.130. The Morgan fingerprint density at radius 3 is 2.55 bits per heavy atom. The van der Waals surface area contributed by atoms with Crippen molar-refractivity contribution in [3.8, 4) is 0 Å². The van der Waals surface area contributed by atoms with Crippen LogP contribution in [0.5, 0.6) is 0 Å². The third kappa shape index (κ3) is 3.66. The molecule has 0 aliphatic carbocycles. The number of amides is 3. The standard InChI is InChI=1S/C14H16BrN3O3.ClH/c1-16-5-6-17(2)12(19)8-18-13(20)10-4-3-9(15)7-11(10)14(18)21;/h3-4,7,16H,5-6,8H2,1-2H3;1H. The van der Waals surface area contributed by atoms with Crippen LogP contribution < -0.4 is 5.32 Å². The quantitative estimate of drug-likeness (QED) is 0.766. The van der Waals surface area contributed by atoms with Crippen molar-refractivity contribution >= 4 is 46.1 Å². The summed E-state index contributed by atoms with van der Waals surface area (Å²) in [4.78, 5) is 39.0. The minimum Gasteiger partial charge on any atom is -0.343 e. The Labute approximate surface area is 143 Å². The Morgan fingerprint density at radius 2 is 1.91 bits per heavy atom.